The average molecular weight is 414 g/mol. The summed E-state index contributed by atoms with van der Waals surface area (Å²) in [6.07, 6.45) is 0. The Morgan fingerprint density at radius 3 is 2.47 bits per heavy atom. The van der Waals surface area contributed by atoms with E-state index >= 15 is 0 Å². The minimum absolute atomic E-state index is 0.0668. The molecule has 2 heterocycles. The molecular weight excluding hydrogens is 394 g/mol. The zero-order chi connectivity index (χ0) is 20.9. The second-order valence-electron chi connectivity index (χ2n) is 6.86. The standard InChI is InChI=1S/C20H20F2N6O2/c21-15-5-7-16(8-6-15)28-19(23-24-25-28)13-26-9-11-27(12-10-26)20(29)14-30-18-4-2-1-3-17(18)22/h1-8H,9-14H2. The Labute approximate surface area is 171 Å². The lowest BCUT2D eigenvalue weighted by Gasteiger charge is -2.34. The number of rotatable bonds is 6. The Balaban J connectivity index is 1.29. The summed E-state index contributed by atoms with van der Waals surface area (Å²) in [6.45, 7) is 2.63. The Bertz CT molecular complexity index is 1000. The fourth-order valence-corrected chi connectivity index (χ4v) is 3.24. The summed E-state index contributed by atoms with van der Waals surface area (Å²) in [7, 11) is 0. The van der Waals surface area contributed by atoms with Crippen LogP contribution in [0.5, 0.6) is 5.75 Å². The number of aromatic nitrogens is 4. The van der Waals surface area contributed by atoms with Gasteiger partial charge < -0.3 is 9.64 Å². The molecule has 0 atom stereocenters. The smallest absolute Gasteiger partial charge is 0.260 e. The summed E-state index contributed by atoms with van der Waals surface area (Å²) < 4.78 is 33.6. The zero-order valence-electron chi connectivity index (χ0n) is 16.1. The number of hydrogen-bond donors (Lipinski definition) is 0. The van der Waals surface area contributed by atoms with E-state index in [2.05, 4.69) is 20.4 Å². The van der Waals surface area contributed by atoms with Crippen LogP contribution in [0.15, 0.2) is 48.5 Å². The van der Waals surface area contributed by atoms with E-state index in [0.29, 0.717) is 44.2 Å². The number of halogens is 2. The van der Waals surface area contributed by atoms with Crippen molar-refractivity contribution >= 4 is 5.91 Å². The molecule has 1 aromatic heterocycles. The molecule has 1 aliphatic rings. The van der Waals surface area contributed by atoms with Crippen LogP contribution in [0.2, 0.25) is 0 Å². The van der Waals surface area contributed by atoms with Crippen LogP contribution in [-0.2, 0) is 11.3 Å². The second kappa shape index (κ2) is 8.95. The molecule has 1 fully saturated rings. The molecule has 10 heteroatoms. The van der Waals surface area contributed by atoms with Gasteiger partial charge in [0.25, 0.3) is 5.91 Å². The van der Waals surface area contributed by atoms with E-state index in [9.17, 15) is 13.6 Å². The number of para-hydroxylation sites is 1. The Morgan fingerprint density at radius 2 is 1.73 bits per heavy atom. The Kier molecular flexibility index (Phi) is 5.94. The van der Waals surface area contributed by atoms with Gasteiger partial charge >= 0.3 is 0 Å². The lowest BCUT2D eigenvalue weighted by molar-refractivity contribution is -0.135. The molecule has 8 nitrogen and oxygen atoms in total. The predicted octanol–water partition coefficient (Wildman–Crippen LogP) is 1.66. The van der Waals surface area contributed by atoms with E-state index in [1.807, 2.05) is 0 Å². The predicted molar refractivity (Wildman–Crippen MR) is 103 cm³/mol. The zero-order valence-corrected chi connectivity index (χ0v) is 16.1. The number of hydrogen-bond acceptors (Lipinski definition) is 6. The van der Waals surface area contributed by atoms with E-state index in [1.165, 1.54) is 24.3 Å². The molecule has 1 saturated heterocycles. The van der Waals surface area contributed by atoms with Gasteiger partial charge in [-0.1, -0.05) is 12.1 Å². The van der Waals surface area contributed by atoms with Crippen LogP contribution in [-0.4, -0.2) is 68.7 Å². The lowest BCUT2D eigenvalue weighted by atomic mass is 10.3. The number of nitrogens with zero attached hydrogens (tertiary/aromatic N) is 6. The van der Waals surface area contributed by atoms with Crippen LogP contribution in [0.4, 0.5) is 8.78 Å². The van der Waals surface area contributed by atoms with Gasteiger partial charge in [0, 0.05) is 26.2 Å². The molecule has 0 aliphatic carbocycles. The fraction of sp³-hybridized carbons (Fsp3) is 0.300. The second-order valence-corrected chi connectivity index (χ2v) is 6.86. The molecule has 0 radical (unpaired) electrons. The first-order chi connectivity index (χ1) is 14.6. The van der Waals surface area contributed by atoms with Gasteiger partial charge in [-0.2, -0.15) is 4.68 Å². The van der Waals surface area contributed by atoms with Gasteiger partial charge in [-0.05, 0) is 46.8 Å². The highest BCUT2D eigenvalue weighted by Gasteiger charge is 2.23. The molecule has 0 bridgehead atoms. The maximum atomic E-state index is 13.6. The summed E-state index contributed by atoms with van der Waals surface area (Å²) in [5, 5.41) is 11.8. The van der Waals surface area contributed by atoms with Crippen molar-refractivity contribution in [1.29, 1.82) is 0 Å². The quantitative estimate of drug-likeness (QED) is 0.611. The highest BCUT2D eigenvalue weighted by molar-refractivity contribution is 5.77. The van der Waals surface area contributed by atoms with Gasteiger partial charge in [0.15, 0.2) is 24.0 Å². The first-order valence-electron chi connectivity index (χ1n) is 9.51. The number of carbonyl (C=O) groups excluding carboxylic acids is 1. The molecule has 30 heavy (non-hydrogen) atoms. The largest absolute Gasteiger partial charge is 0.481 e. The molecule has 3 aromatic rings. The van der Waals surface area contributed by atoms with Crippen molar-refractivity contribution in [1.82, 2.24) is 30.0 Å². The van der Waals surface area contributed by atoms with Crippen LogP contribution in [0.1, 0.15) is 5.82 Å². The van der Waals surface area contributed by atoms with Crippen LogP contribution >= 0.6 is 0 Å². The summed E-state index contributed by atoms with van der Waals surface area (Å²) in [4.78, 5) is 16.2. The first kappa shape index (κ1) is 19.9. The van der Waals surface area contributed by atoms with E-state index in [0.717, 1.165) is 0 Å². The minimum Gasteiger partial charge on any atom is -0.481 e. The molecule has 1 aliphatic heterocycles. The van der Waals surface area contributed by atoms with E-state index in [1.54, 1.807) is 33.8 Å². The Hall–Kier alpha value is -3.40. The van der Waals surface area contributed by atoms with Crippen molar-refractivity contribution in [3.8, 4) is 11.4 Å². The third-order valence-corrected chi connectivity index (χ3v) is 4.88. The number of benzene rings is 2. The van der Waals surface area contributed by atoms with E-state index in [-0.39, 0.29) is 24.1 Å². The molecule has 156 valence electrons. The minimum atomic E-state index is -0.492. The molecule has 0 N–H and O–H groups in total. The van der Waals surface area contributed by atoms with Crippen LogP contribution in [0, 0.1) is 11.6 Å². The summed E-state index contributed by atoms with van der Waals surface area (Å²) in [6, 6.07) is 11.9. The normalized spacial score (nSPS) is 14.7. The van der Waals surface area contributed by atoms with Gasteiger partial charge in [-0.25, -0.2) is 8.78 Å². The number of ether oxygens (including phenoxy) is 1. The number of amides is 1. The monoisotopic (exact) mass is 414 g/mol. The summed E-state index contributed by atoms with van der Waals surface area (Å²) >= 11 is 0. The number of piperazine rings is 1. The highest BCUT2D eigenvalue weighted by Crippen LogP contribution is 2.16. The van der Waals surface area contributed by atoms with Crippen molar-refractivity contribution in [2.45, 2.75) is 6.54 Å². The molecule has 0 spiro atoms. The molecule has 4 rings (SSSR count). The highest BCUT2D eigenvalue weighted by atomic mass is 19.1. The molecule has 1 amide bonds. The lowest BCUT2D eigenvalue weighted by Crippen LogP contribution is -2.49. The maximum absolute atomic E-state index is 13.6. The third-order valence-electron chi connectivity index (χ3n) is 4.88. The van der Waals surface area contributed by atoms with Crippen LogP contribution < -0.4 is 4.74 Å². The van der Waals surface area contributed by atoms with Gasteiger partial charge in [0.2, 0.25) is 0 Å². The van der Waals surface area contributed by atoms with E-state index in [4.69, 9.17) is 4.74 Å². The molecular formula is C20H20F2N6O2. The molecule has 0 unspecified atom stereocenters. The van der Waals surface area contributed by atoms with E-state index < -0.39 is 5.82 Å². The molecule has 0 saturated carbocycles. The van der Waals surface area contributed by atoms with Gasteiger partial charge in [-0.3, -0.25) is 9.69 Å². The van der Waals surface area contributed by atoms with Crippen molar-refractivity contribution in [3.63, 3.8) is 0 Å². The SMILES string of the molecule is O=C(COc1ccccc1F)N1CCN(Cc2nnnn2-c2ccc(F)cc2)CC1. The van der Waals surface area contributed by atoms with Crippen LogP contribution in [0.25, 0.3) is 5.69 Å². The summed E-state index contributed by atoms with van der Waals surface area (Å²) in [5.41, 5.74) is 0.676. The first-order valence-corrected chi connectivity index (χ1v) is 9.51. The maximum Gasteiger partial charge on any atom is 0.260 e. The Morgan fingerprint density at radius 1 is 1.00 bits per heavy atom. The number of carbonyl (C=O) groups is 1. The van der Waals surface area contributed by atoms with Crippen molar-refractivity contribution in [3.05, 3.63) is 66.0 Å². The fourth-order valence-electron chi connectivity index (χ4n) is 3.24. The van der Waals surface area contributed by atoms with Crippen molar-refractivity contribution < 1.29 is 18.3 Å². The summed E-state index contributed by atoms with van der Waals surface area (Å²) in [5.74, 6) is -0.308. The van der Waals surface area contributed by atoms with Crippen molar-refractivity contribution in [2.24, 2.45) is 0 Å². The van der Waals surface area contributed by atoms with Crippen LogP contribution in [0.3, 0.4) is 0 Å². The van der Waals surface area contributed by atoms with Crippen molar-refractivity contribution in [2.75, 3.05) is 32.8 Å². The number of tetrazole rings is 1. The third kappa shape index (κ3) is 4.60. The van der Waals surface area contributed by atoms with Gasteiger partial charge in [-0.15, -0.1) is 5.10 Å². The topological polar surface area (TPSA) is 76.4 Å². The van der Waals surface area contributed by atoms with Gasteiger partial charge in [0.05, 0.1) is 12.2 Å². The van der Waals surface area contributed by atoms with Gasteiger partial charge in [0.1, 0.15) is 5.82 Å². The average Bonchev–Trinajstić information content (AvgIpc) is 3.22. The molecule has 2 aromatic carbocycles.